The third kappa shape index (κ3) is 3.26. The maximum atomic E-state index is 12.6. The number of anilines is 1. The second kappa shape index (κ2) is 6.57. The van der Waals surface area contributed by atoms with Gasteiger partial charge in [0.1, 0.15) is 0 Å². The molecule has 4 nitrogen and oxygen atoms in total. The number of carbonyl (C=O) groups excluding carboxylic acids is 1. The van der Waals surface area contributed by atoms with Gasteiger partial charge in [-0.3, -0.25) is 10.6 Å². The molecular weight excluding hydrogens is 238 g/mol. The second-order valence-electron chi connectivity index (χ2n) is 5.19. The summed E-state index contributed by atoms with van der Waals surface area (Å²) in [5.74, 6) is 6.32. The van der Waals surface area contributed by atoms with Crippen molar-refractivity contribution < 1.29 is 4.79 Å². The normalized spacial score (nSPS) is 19.9. The van der Waals surface area contributed by atoms with Crippen LogP contribution in [0.3, 0.4) is 0 Å². The predicted octanol–water partition coefficient (Wildman–Crippen LogP) is 2.62. The number of nitrogens with two attached hydrogens (primary N) is 1. The Balaban J connectivity index is 2.10. The lowest BCUT2D eigenvalue weighted by Crippen LogP contribution is -2.32. The summed E-state index contributed by atoms with van der Waals surface area (Å²) in [5.41, 5.74) is 3.97. The van der Waals surface area contributed by atoms with Crippen LogP contribution in [0.5, 0.6) is 0 Å². The Hall–Kier alpha value is -1.55. The van der Waals surface area contributed by atoms with Crippen LogP contribution in [0.4, 0.5) is 5.69 Å². The third-order valence-corrected chi connectivity index (χ3v) is 4.03. The number of carbonyl (C=O) groups is 1. The van der Waals surface area contributed by atoms with Gasteiger partial charge in [-0.15, -0.1) is 0 Å². The molecule has 1 saturated heterocycles. The first kappa shape index (κ1) is 13.9. The molecule has 1 atom stereocenters. The van der Waals surface area contributed by atoms with E-state index >= 15 is 0 Å². The van der Waals surface area contributed by atoms with Gasteiger partial charge in [0.25, 0.3) is 5.91 Å². The first-order valence-electron chi connectivity index (χ1n) is 7.11. The van der Waals surface area contributed by atoms with E-state index in [2.05, 4.69) is 12.3 Å². The van der Waals surface area contributed by atoms with Crippen molar-refractivity contribution in [2.24, 2.45) is 11.8 Å². The van der Waals surface area contributed by atoms with Crippen LogP contribution in [0.15, 0.2) is 24.3 Å². The Morgan fingerprint density at radius 3 is 2.89 bits per heavy atom. The summed E-state index contributed by atoms with van der Waals surface area (Å²) < 4.78 is 0. The van der Waals surface area contributed by atoms with Gasteiger partial charge in [-0.2, -0.15) is 0 Å². The van der Waals surface area contributed by atoms with Gasteiger partial charge in [0.15, 0.2) is 0 Å². The summed E-state index contributed by atoms with van der Waals surface area (Å²) in [4.78, 5) is 14.5. The number of rotatable bonds is 3. The van der Waals surface area contributed by atoms with E-state index in [1.165, 1.54) is 12.8 Å². The minimum Gasteiger partial charge on any atom is -0.339 e. The van der Waals surface area contributed by atoms with Gasteiger partial charge >= 0.3 is 0 Å². The summed E-state index contributed by atoms with van der Waals surface area (Å²) in [5, 5.41) is 0. The Morgan fingerprint density at radius 2 is 2.16 bits per heavy atom. The average Bonchev–Trinajstić information content (AvgIpc) is 2.71. The fourth-order valence-corrected chi connectivity index (χ4v) is 2.74. The van der Waals surface area contributed by atoms with Crippen LogP contribution >= 0.6 is 0 Å². The summed E-state index contributed by atoms with van der Waals surface area (Å²) in [6.07, 6.45) is 4.66. The number of benzene rings is 1. The second-order valence-corrected chi connectivity index (χ2v) is 5.19. The van der Waals surface area contributed by atoms with E-state index in [9.17, 15) is 4.79 Å². The van der Waals surface area contributed by atoms with Gasteiger partial charge in [0.2, 0.25) is 0 Å². The number of hydrazine groups is 1. The molecule has 0 aromatic heterocycles. The van der Waals surface area contributed by atoms with E-state index in [-0.39, 0.29) is 5.91 Å². The fourth-order valence-electron chi connectivity index (χ4n) is 2.74. The molecule has 1 unspecified atom stereocenters. The van der Waals surface area contributed by atoms with Crippen molar-refractivity contribution in [2.45, 2.75) is 32.6 Å². The Bertz CT molecular complexity index is 433. The topological polar surface area (TPSA) is 58.4 Å². The Labute approximate surface area is 114 Å². The SMILES string of the molecule is CCC1CCCN(C(=O)c2ccccc2NN)CC1. The Morgan fingerprint density at radius 1 is 1.37 bits per heavy atom. The van der Waals surface area contributed by atoms with Crippen LogP contribution < -0.4 is 11.3 Å². The van der Waals surface area contributed by atoms with Crippen molar-refractivity contribution in [3.05, 3.63) is 29.8 Å². The lowest BCUT2D eigenvalue weighted by atomic mass is 9.98. The predicted molar refractivity (Wildman–Crippen MR) is 77.8 cm³/mol. The highest BCUT2D eigenvalue weighted by Gasteiger charge is 2.22. The average molecular weight is 261 g/mol. The third-order valence-electron chi connectivity index (χ3n) is 4.03. The highest BCUT2D eigenvalue weighted by atomic mass is 16.2. The van der Waals surface area contributed by atoms with Crippen molar-refractivity contribution >= 4 is 11.6 Å². The van der Waals surface area contributed by atoms with E-state index in [1.807, 2.05) is 29.2 Å². The van der Waals surface area contributed by atoms with Crippen molar-refractivity contribution in [1.82, 2.24) is 4.90 Å². The molecule has 1 aromatic rings. The van der Waals surface area contributed by atoms with E-state index in [0.717, 1.165) is 31.8 Å². The van der Waals surface area contributed by atoms with Crippen molar-refractivity contribution in [1.29, 1.82) is 0 Å². The van der Waals surface area contributed by atoms with Crippen LogP contribution in [0.1, 0.15) is 43.0 Å². The van der Waals surface area contributed by atoms with Gasteiger partial charge in [-0.25, -0.2) is 0 Å². The van der Waals surface area contributed by atoms with Gasteiger partial charge in [0, 0.05) is 13.1 Å². The number of amides is 1. The molecule has 0 spiro atoms. The standard InChI is InChI=1S/C15H23N3O/c1-2-12-6-5-10-18(11-9-12)15(19)13-7-3-4-8-14(13)17-16/h3-4,7-8,12,17H,2,5-6,9-11,16H2,1H3. The summed E-state index contributed by atoms with van der Waals surface area (Å²) >= 11 is 0. The number of likely N-dealkylation sites (tertiary alicyclic amines) is 1. The molecule has 2 rings (SSSR count). The number of hydrogen-bond acceptors (Lipinski definition) is 3. The number of nitrogens with one attached hydrogen (secondary N) is 1. The van der Waals surface area contributed by atoms with Crippen molar-refractivity contribution in [3.63, 3.8) is 0 Å². The Kier molecular flexibility index (Phi) is 4.80. The molecule has 0 saturated carbocycles. The molecule has 1 fully saturated rings. The molecule has 0 aliphatic carbocycles. The molecule has 19 heavy (non-hydrogen) atoms. The van der Waals surface area contributed by atoms with Crippen LogP contribution in [-0.2, 0) is 0 Å². The molecule has 3 N–H and O–H groups in total. The molecule has 1 aromatic carbocycles. The van der Waals surface area contributed by atoms with Crippen molar-refractivity contribution in [3.8, 4) is 0 Å². The van der Waals surface area contributed by atoms with Crippen LogP contribution in [-0.4, -0.2) is 23.9 Å². The van der Waals surface area contributed by atoms with E-state index in [0.29, 0.717) is 11.3 Å². The zero-order valence-electron chi connectivity index (χ0n) is 11.6. The van der Waals surface area contributed by atoms with E-state index < -0.39 is 0 Å². The molecule has 1 aliphatic rings. The first-order valence-corrected chi connectivity index (χ1v) is 7.11. The lowest BCUT2D eigenvalue weighted by Gasteiger charge is -2.22. The largest absolute Gasteiger partial charge is 0.339 e. The van der Waals surface area contributed by atoms with Crippen LogP contribution in [0.25, 0.3) is 0 Å². The molecule has 1 amide bonds. The van der Waals surface area contributed by atoms with Crippen LogP contribution in [0, 0.1) is 5.92 Å². The van der Waals surface area contributed by atoms with Crippen LogP contribution in [0.2, 0.25) is 0 Å². The fraction of sp³-hybridized carbons (Fsp3) is 0.533. The molecule has 1 aliphatic heterocycles. The molecular formula is C15H23N3O. The highest BCUT2D eigenvalue weighted by molar-refractivity contribution is 5.99. The zero-order valence-corrected chi connectivity index (χ0v) is 11.6. The zero-order chi connectivity index (χ0) is 13.7. The van der Waals surface area contributed by atoms with Crippen molar-refractivity contribution in [2.75, 3.05) is 18.5 Å². The number of hydrogen-bond donors (Lipinski definition) is 2. The van der Waals surface area contributed by atoms with E-state index in [1.54, 1.807) is 0 Å². The minimum atomic E-state index is 0.0882. The summed E-state index contributed by atoms with van der Waals surface area (Å²) in [6, 6.07) is 7.42. The van der Waals surface area contributed by atoms with Gasteiger partial charge in [-0.1, -0.05) is 25.5 Å². The van der Waals surface area contributed by atoms with Gasteiger partial charge in [-0.05, 0) is 37.3 Å². The number of nitrogen functional groups attached to an aromatic ring is 1. The number of para-hydroxylation sites is 1. The van der Waals surface area contributed by atoms with Gasteiger partial charge < -0.3 is 10.3 Å². The smallest absolute Gasteiger partial charge is 0.256 e. The molecule has 4 heteroatoms. The first-order chi connectivity index (χ1) is 9.26. The highest BCUT2D eigenvalue weighted by Crippen LogP contribution is 2.23. The lowest BCUT2D eigenvalue weighted by molar-refractivity contribution is 0.0761. The molecule has 0 bridgehead atoms. The monoisotopic (exact) mass is 261 g/mol. The maximum absolute atomic E-state index is 12.6. The van der Waals surface area contributed by atoms with E-state index in [4.69, 9.17) is 5.84 Å². The molecule has 0 radical (unpaired) electrons. The summed E-state index contributed by atoms with van der Waals surface area (Å²) in [7, 11) is 0. The maximum Gasteiger partial charge on any atom is 0.256 e. The quantitative estimate of drug-likeness (QED) is 0.649. The molecule has 1 heterocycles. The van der Waals surface area contributed by atoms with Gasteiger partial charge in [0.05, 0.1) is 11.3 Å². The number of nitrogens with zero attached hydrogens (tertiary/aromatic N) is 1. The molecule has 104 valence electrons. The minimum absolute atomic E-state index is 0.0882. The summed E-state index contributed by atoms with van der Waals surface area (Å²) in [6.45, 7) is 3.94.